The van der Waals surface area contributed by atoms with Gasteiger partial charge in [-0.15, -0.1) is 10.2 Å². The first-order chi connectivity index (χ1) is 15.4. The fraction of sp³-hybridized carbons (Fsp3) is 0.640. The van der Waals surface area contributed by atoms with Crippen LogP contribution in [0.25, 0.3) is 0 Å². The van der Waals surface area contributed by atoms with Gasteiger partial charge in [-0.2, -0.15) is 0 Å². The highest BCUT2D eigenvalue weighted by molar-refractivity contribution is 5.91. The third-order valence-corrected chi connectivity index (χ3v) is 7.71. The van der Waals surface area contributed by atoms with E-state index in [-0.39, 0.29) is 17.5 Å². The lowest BCUT2D eigenvalue weighted by Crippen LogP contribution is -2.55. The molecular weight excluding hydrogens is 400 g/mol. The Hall–Kier alpha value is -2.25. The van der Waals surface area contributed by atoms with Crippen molar-refractivity contribution in [1.29, 1.82) is 0 Å². The molecule has 32 heavy (non-hydrogen) atoms. The van der Waals surface area contributed by atoms with Gasteiger partial charge in [-0.25, -0.2) is 0 Å². The highest BCUT2D eigenvalue weighted by Crippen LogP contribution is 2.35. The first-order valence-electron chi connectivity index (χ1n) is 12.2. The van der Waals surface area contributed by atoms with E-state index in [9.17, 15) is 4.79 Å². The topological polar surface area (TPSA) is 66.3 Å². The normalized spacial score (nSPS) is 24.7. The van der Waals surface area contributed by atoms with Gasteiger partial charge < -0.3 is 9.88 Å². The van der Waals surface area contributed by atoms with Crippen LogP contribution in [0.5, 0.6) is 0 Å². The molecule has 2 aliphatic heterocycles. The molecule has 7 nitrogen and oxygen atoms in total. The summed E-state index contributed by atoms with van der Waals surface area (Å²) in [5, 5.41) is 11.9. The summed E-state index contributed by atoms with van der Waals surface area (Å²) in [6.07, 6.45) is 6.93. The number of likely N-dealkylation sites (N-methyl/N-ethyl adjacent to an activating group) is 1. The number of nitrogens with one attached hydrogen (secondary N) is 1. The fourth-order valence-corrected chi connectivity index (χ4v) is 6.01. The van der Waals surface area contributed by atoms with Crippen molar-refractivity contribution in [3.63, 3.8) is 0 Å². The third kappa shape index (κ3) is 4.20. The third-order valence-electron chi connectivity index (χ3n) is 7.71. The van der Waals surface area contributed by atoms with Gasteiger partial charge in [0.1, 0.15) is 5.82 Å². The Morgan fingerprint density at radius 3 is 2.59 bits per heavy atom. The Labute approximate surface area is 191 Å². The van der Waals surface area contributed by atoms with Crippen LogP contribution in [-0.4, -0.2) is 62.2 Å². The molecule has 3 aliphatic rings. The summed E-state index contributed by atoms with van der Waals surface area (Å²) in [6, 6.07) is 7.11. The molecule has 1 N–H and O–H groups in total. The van der Waals surface area contributed by atoms with Crippen LogP contribution < -0.4 is 5.32 Å². The monoisotopic (exact) mass is 436 g/mol. The van der Waals surface area contributed by atoms with Crippen molar-refractivity contribution in [1.82, 2.24) is 29.9 Å². The molecule has 1 saturated heterocycles. The molecule has 1 saturated carbocycles. The summed E-state index contributed by atoms with van der Waals surface area (Å²) in [4.78, 5) is 18.0. The summed E-state index contributed by atoms with van der Waals surface area (Å²) in [7, 11) is 2.19. The SMILES string of the molecule is Cc1cc(C)cc(CN2CC[C@@]3(C2)Cn2c(nnc2C(=O)NC2CCCCC2)CN3C)c1. The Bertz CT molecular complexity index is 974. The molecule has 1 spiro atoms. The van der Waals surface area contributed by atoms with Gasteiger partial charge in [0.15, 0.2) is 0 Å². The summed E-state index contributed by atoms with van der Waals surface area (Å²) < 4.78 is 2.10. The van der Waals surface area contributed by atoms with Crippen LogP contribution >= 0.6 is 0 Å². The van der Waals surface area contributed by atoms with Gasteiger partial charge in [0.2, 0.25) is 5.82 Å². The van der Waals surface area contributed by atoms with Gasteiger partial charge in [0.25, 0.3) is 5.91 Å². The molecule has 5 rings (SSSR count). The van der Waals surface area contributed by atoms with E-state index in [4.69, 9.17) is 0 Å². The van der Waals surface area contributed by atoms with Crippen molar-refractivity contribution in [2.45, 2.75) is 83.6 Å². The number of carbonyl (C=O) groups is 1. The summed E-state index contributed by atoms with van der Waals surface area (Å²) in [6.45, 7) is 8.90. The molecule has 1 aliphatic carbocycles. The molecule has 172 valence electrons. The number of hydrogen-bond donors (Lipinski definition) is 1. The van der Waals surface area contributed by atoms with Crippen LogP contribution in [0.4, 0.5) is 0 Å². The highest BCUT2D eigenvalue weighted by Gasteiger charge is 2.46. The van der Waals surface area contributed by atoms with E-state index in [0.717, 1.165) is 57.8 Å². The van der Waals surface area contributed by atoms with E-state index in [1.165, 1.54) is 36.0 Å². The fourth-order valence-electron chi connectivity index (χ4n) is 6.01. The van der Waals surface area contributed by atoms with Crippen molar-refractivity contribution in [2.24, 2.45) is 0 Å². The van der Waals surface area contributed by atoms with Crippen molar-refractivity contribution in [2.75, 3.05) is 20.1 Å². The zero-order chi connectivity index (χ0) is 22.3. The first kappa shape index (κ1) is 21.6. The zero-order valence-electron chi connectivity index (χ0n) is 19.7. The Balaban J connectivity index is 1.30. The van der Waals surface area contributed by atoms with E-state index >= 15 is 0 Å². The summed E-state index contributed by atoms with van der Waals surface area (Å²) in [5.41, 5.74) is 4.06. The number of nitrogens with zero attached hydrogens (tertiary/aromatic N) is 5. The van der Waals surface area contributed by atoms with E-state index in [0.29, 0.717) is 5.82 Å². The van der Waals surface area contributed by atoms with Crippen LogP contribution in [0.3, 0.4) is 0 Å². The van der Waals surface area contributed by atoms with Gasteiger partial charge in [-0.05, 0) is 45.7 Å². The molecule has 2 fully saturated rings. The molecule has 0 radical (unpaired) electrons. The second kappa shape index (κ2) is 8.60. The van der Waals surface area contributed by atoms with Crippen LogP contribution in [0, 0.1) is 13.8 Å². The number of amides is 1. The average molecular weight is 437 g/mol. The van der Waals surface area contributed by atoms with Crippen LogP contribution in [0.1, 0.15) is 71.7 Å². The molecule has 1 amide bonds. The van der Waals surface area contributed by atoms with E-state index in [1.54, 1.807) is 0 Å². The number of benzene rings is 1. The molecule has 7 heteroatoms. The molecule has 0 unspecified atom stereocenters. The quantitative estimate of drug-likeness (QED) is 0.798. The van der Waals surface area contributed by atoms with Gasteiger partial charge in [-0.1, -0.05) is 48.6 Å². The zero-order valence-corrected chi connectivity index (χ0v) is 19.7. The number of carbonyl (C=O) groups excluding carboxylic acids is 1. The van der Waals surface area contributed by atoms with Crippen molar-refractivity contribution < 1.29 is 4.79 Å². The average Bonchev–Trinajstić information content (AvgIpc) is 3.33. The van der Waals surface area contributed by atoms with Crippen LogP contribution in [0.2, 0.25) is 0 Å². The molecular formula is C25H36N6O. The lowest BCUT2D eigenvalue weighted by Gasteiger charge is -2.43. The first-order valence-corrected chi connectivity index (χ1v) is 12.2. The number of rotatable bonds is 4. The largest absolute Gasteiger partial charge is 0.347 e. The lowest BCUT2D eigenvalue weighted by atomic mass is 9.94. The van der Waals surface area contributed by atoms with Crippen LogP contribution in [0.15, 0.2) is 18.2 Å². The van der Waals surface area contributed by atoms with Gasteiger partial charge in [-0.3, -0.25) is 14.6 Å². The van der Waals surface area contributed by atoms with Gasteiger partial charge in [0, 0.05) is 32.2 Å². The summed E-state index contributed by atoms with van der Waals surface area (Å²) in [5.74, 6) is 1.34. The number of hydrogen-bond acceptors (Lipinski definition) is 5. The molecule has 1 aromatic heterocycles. The minimum absolute atomic E-state index is 0.0219. The molecule has 1 aromatic carbocycles. The highest BCUT2D eigenvalue weighted by atomic mass is 16.2. The number of likely N-dealkylation sites (tertiary alicyclic amines) is 1. The van der Waals surface area contributed by atoms with Gasteiger partial charge >= 0.3 is 0 Å². The smallest absolute Gasteiger partial charge is 0.289 e. The van der Waals surface area contributed by atoms with Crippen molar-refractivity contribution >= 4 is 5.91 Å². The predicted octanol–water partition coefficient (Wildman–Crippen LogP) is 3.05. The maximum Gasteiger partial charge on any atom is 0.289 e. The number of fused-ring (bicyclic) bond motifs is 1. The standard InChI is InChI=1S/C25H36N6O/c1-18-11-19(2)13-20(12-18)14-30-10-9-25(16-30)17-31-22(15-29(25)3)27-28-23(31)24(32)26-21-7-5-4-6-8-21/h11-13,21H,4-10,14-17H2,1-3H3,(H,26,32)/t25-/m1/s1. The minimum Gasteiger partial charge on any atom is -0.347 e. The van der Waals surface area contributed by atoms with E-state index < -0.39 is 0 Å². The van der Waals surface area contributed by atoms with E-state index in [2.05, 4.69) is 69.0 Å². The van der Waals surface area contributed by atoms with Crippen molar-refractivity contribution in [3.05, 3.63) is 46.5 Å². The maximum atomic E-state index is 13.0. The summed E-state index contributed by atoms with van der Waals surface area (Å²) >= 11 is 0. The minimum atomic E-state index is -0.0551. The molecule has 3 heterocycles. The van der Waals surface area contributed by atoms with Crippen molar-refractivity contribution in [3.8, 4) is 0 Å². The number of aryl methyl sites for hydroxylation is 2. The van der Waals surface area contributed by atoms with E-state index in [1.807, 2.05) is 0 Å². The number of aromatic nitrogens is 3. The molecule has 2 aromatic rings. The Morgan fingerprint density at radius 1 is 1.09 bits per heavy atom. The Kier molecular flexibility index (Phi) is 5.80. The lowest BCUT2D eigenvalue weighted by molar-refractivity contribution is 0.0646. The Morgan fingerprint density at radius 2 is 1.84 bits per heavy atom. The van der Waals surface area contributed by atoms with Crippen LogP contribution in [-0.2, 0) is 19.6 Å². The second-order valence-electron chi connectivity index (χ2n) is 10.4. The predicted molar refractivity (Wildman–Crippen MR) is 124 cm³/mol. The maximum absolute atomic E-state index is 13.0. The second-order valence-corrected chi connectivity index (χ2v) is 10.4. The molecule has 1 atom stereocenters. The molecule has 0 bridgehead atoms. The van der Waals surface area contributed by atoms with Gasteiger partial charge in [0.05, 0.1) is 12.1 Å².